The number of hydrogen-bond donors (Lipinski definition) is 1. The van der Waals surface area contributed by atoms with Crippen LogP contribution in [-0.2, 0) is 4.74 Å². The van der Waals surface area contributed by atoms with Crippen LogP contribution < -0.4 is 15.4 Å². The summed E-state index contributed by atoms with van der Waals surface area (Å²) in [5.41, 5.74) is 7.06. The van der Waals surface area contributed by atoms with E-state index in [1.165, 1.54) is 12.1 Å². The summed E-state index contributed by atoms with van der Waals surface area (Å²) < 4.78 is 25.0. The smallest absolute Gasteiger partial charge is 0.222 e. The molecule has 0 bridgehead atoms. The largest absolute Gasteiger partial charge is 0.493 e. The van der Waals surface area contributed by atoms with Gasteiger partial charge in [0.15, 0.2) is 0 Å². The van der Waals surface area contributed by atoms with E-state index in [1.807, 2.05) is 19.9 Å². The Bertz CT molecular complexity index is 733. The second-order valence-electron chi connectivity index (χ2n) is 6.45. The van der Waals surface area contributed by atoms with Crippen molar-refractivity contribution >= 4 is 11.8 Å². The summed E-state index contributed by atoms with van der Waals surface area (Å²) in [4.78, 5) is 10.6. The first-order chi connectivity index (χ1) is 12.0. The fraction of sp³-hybridized carbons (Fsp3) is 0.444. The average molecular weight is 346 g/mol. The van der Waals surface area contributed by atoms with Crippen molar-refractivity contribution in [2.24, 2.45) is 5.92 Å². The van der Waals surface area contributed by atoms with Gasteiger partial charge < -0.3 is 20.1 Å². The maximum Gasteiger partial charge on any atom is 0.222 e. The monoisotopic (exact) mass is 346 g/mol. The number of benzene rings is 1. The molecule has 0 amide bonds. The number of halogens is 1. The van der Waals surface area contributed by atoms with Gasteiger partial charge in [-0.25, -0.2) is 9.37 Å². The van der Waals surface area contributed by atoms with Gasteiger partial charge in [0, 0.05) is 30.8 Å². The van der Waals surface area contributed by atoms with Crippen LogP contribution in [0.1, 0.15) is 13.8 Å². The molecule has 3 rings (SSSR count). The highest BCUT2D eigenvalue weighted by Crippen LogP contribution is 2.28. The Hall–Kier alpha value is -2.41. The predicted octanol–water partition coefficient (Wildman–Crippen LogP) is 2.74. The standard InChI is InChI=1S/C18H23FN4O2/c1-12(2)11-25-15-8-13(7-14(19)9-15)16-10-17(22-18(20)21-16)23-3-5-24-6-4-23/h7-10,12H,3-6,11H2,1-2H3,(H2,20,21,22). The summed E-state index contributed by atoms with van der Waals surface area (Å²) >= 11 is 0. The maximum atomic E-state index is 14.0. The lowest BCUT2D eigenvalue weighted by Crippen LogP contribution is -2.36. The van der Waals surface area contributed by atoms with Gasteiger partial charge in [-0.2, -0.15) is 4.98 Å². The van der Waals surface area contributed by atoms with E-state index in [4.69, 9.17) is 15.2 Å². The van der Waals surface area contributed by atoms with Crippen molar-refractivity contribution < 1.29 is 13.9 Å². The molecule has 1 aliphatic rings. The van der Waals surface area contributed by atoms with Crippen molar-refractivity contribution in [3.8, 4) is 17.0 Å². The molecular weight excluding hydrogens is 323 g/mol. The Morgan fingerprint density at radius 3 is 2.68 bits per heavy atom. The molecule has 0 atom stereocenters. The number of morpholine rings is 1. The van der Waals surface area contributed by atoms with Crippen LogP contribution in [0.2, 0.25) is 0 Å². The van der Waals surface area contributed by atoms with E-state index in [9.17, 15) is 4.39 Å². The van der Waals surface area contributed by atoms with Crippen LogP contribution in [0.4, 0.5) is 16.2 Å². The van der Waals surface area contributed by atoms with Crippen molar-refractivity contribution in [2.75, 3.05) is 43.5 Å². The van der Waals surface area contributed by atoms with Gasteiger partial charge in [-0.3, -0.25) is 0 Å². The SMILES string of the molecule is CC(C)COc1cc(F)cc(-c2cc(N3CCOCC3)nc(N)n2)c1. The molecule has 1 saturated heterocycles. The first-order valence-electron chi connectivity index (χ1n) is 8.42. The zero-order valence-corrected chi connectivity index (χ0v) is 14.5. The average Bonchev–Trinajstić information content (AvgIpc) is 2.60. The summed E-state index contributed by atoms with van der Waals surface area (Å²) in [6.45, 7) is 7.37. The minimum absolute atomic E-state index is 0.160. The quantitative estimate of drug-likeness (QED) is 0.897. The Labute approximate surface area is 146 Å². The maximum absolute atomic E-state index is 14.0. The number of rotatable bonds is 5. The summed E-state index contributed by atoms with van der Waals surface area (Å²) in [7, 11) is 0. The second-order valence-corrected chi connectivity index (χ2v) is 6.45. The van der Waals surface area contributed by atoms with Crippen molar-refractivity contribution in [3.63, 3.8) is 0 Å². The van der Waals surface area contributed by atoms with E-state index in [-0.39, 0.29) is 11.8 Å². The molecule has 0 spiro atoms. The molecule has 25 heavy (non-hydrogen) atoms. The molecule has 2 N–H and O–H groups in total. The minimum atomic E-state index is -0.374. The van der Waals surface area contributed by atoms with Crippen molar-refractivity contribution in [2.45, 2.75) is 13.8 Å². The van der Waals surface area contributed by atoms with E-state index in [2.05, 4.69) is 14.9 Å². The summed E-state index contributed by atoms with van der Waals surface area (Å²) in [6, 6.07) is 6.39. The van der Waals surface area contributed by atoms with Gasteiger partial charge in [-0.05, 0) is 18.1 Å². The fourth-order valence-corrected chi connectivity index (χ4v) is 2.61. The molecule has 1 aliphatic heterocycles. The van der Waals surface area contributed by atoms with Gasteiger partial charge >= 0.3 is 0 Å². The van der Waals surface area contributed by atoms with Gasteiger partial charge in [0.25, 0.3) is 0 Å². The Balaban J connectivity index is 1.91. The lowest BCUT2D eigenvalue weighted by Gasteiger charge is -2.28. The molecule has 0 radical (unpaired) electrons. The molecule has 1 aromatic heterocycles. The number of aromatic nitrogens is 2. The molecule has 1 aromatic carbocycles. The molecule has 0 saturated carbocycles. The number of nitrogens with two attached hydrogens (primary N) is 1. The molecule has 134 valence electrons. The highest BCUT2D eigenvalue weighted by Gasteiger charge is 2.16. The normalized spacial score (nSPS) is 14.8. The van der Waals surface area contributed by atoms with Gasteiger partial charge in [0.2, 0.25) is 5.95 Å². The van der Waals surface area contributed by atoms with Crippen molar-refractivity contribution in [1.82, 2.24) is 9.97 Å². The van der Waals surface area contributed by atoms with E-state index < -0.39 is 0 Å². The lowest BCUT2D eigenvalue weighted by atomic mass is 10.1. The second kappa shape index (κ2) is 7.65. The van der Waals surface area contributed by atoms with Crippen LogP contribution in [0.5, 0.6) is 5.75 Å². The third kappa shape index (κ3) is 4.57. The number of ether oxygens (including phenoxy) is 2. The van der Waals surface area contributed by atoms with Crippen LogP contribution in [0, 0.1) is 11.7 Å². The van der Waals surface area contributed by atoms with Crippen LogP contribution in [0.15, 0.2) is 24.3 Å². The molecule has 2 aromatic rings. The highest BCUT2D eigenvalue weighted by atomic mass is 19.1. The van der Waals surface area contributed by atoms with Gasteiger partial charge in [0.1, 0.15) is 17.4 Å². The topological polar surface area (TPSA) is 73.5 Å². The third-order valence-corrected chi connectivity index (χ3v) is 3.82. The molecule has 7 heteroatoms. The molecule has 1 fully saturated rings. The molecule has 2 heterocycles. The van der Waals surface area contributed by atoms with Crippen LogP contribution in [0.25, 0.3) is 11.3 Å². The van der Waals surface area contributed by atoms with E-state index in [1.54, 1.807) is 6.07 Å². The van der Waals surface area contributed by atoms with Crippen LogP contribution in [-0.4, -0.2) is 42.9 Å². The molecule has 0 aliphatic carbocycles. The Kier molecular flexibility index (Phi) is 5.33. The van der Waals surface area contributed by atoms with E-state index in [0.717, 1.165) is 18.9 Å². The van der Waals surface area contributed by atoms with Crippen molar-refractivity contribution in [3.05, 3.63) is 30.1 Å². The van der Waals surface area contributed by atoms with Crippen LogP contribution >= 0.6 is 0 Å². The van der Waals surface area contributed by atoms with E-state index >= 15 is 0 Å². The molecule has 0 unspecified atom stereocenters. The zero-order valence-electron chi connectivity index (χ0n) is 14.5. The zero-order chi connectivity index (χ0) is 17.8. The fourth-order valence-electron chi connectivity index (χ4n) is 2.61. The number of nitrogen functional groups attached to an aromatic ring is 1. The highest BCUT2D eigenvalue weighted by molar-refractivity contribution is 5.66. The minimum Gasteiger partial charge on any atom is -0.493 e. The van der Waals surface area contributed by atoms with Gasteiger partial charge in [0.05, 0.1) is 25.5 Å². The first-order valence-corrected chi connectivity index (χ1v) is 8.42. The lowest BCUT2D eigenvalue weighted by molar-refractivity contribution is 0.122. The summed E-state index contributed by atoms with van der Waals surface area (Å²) in [5, 5.41) is 0. The Morgan fingerprint density at radius 1 is 1.20 bits per heavy atom. The molecule has 6 nitrogen and oxygen atoms in total. The van der Waals surface area contributed by atoms with Crippen LogP contribution in [0.3, 0.4) is 0 Å². The predicted molar refractivity (Wildman–Crippen MR) is 95.2 cm³/mol. The molecular formula is C18H23FN4O2. The number of hydrogen-bond acceptors (Lipinski definition) is 6. The third-order valence-electron chi connectivity index (χ3n) is 3.82. The number of nitrogens with zero attached hydrogens (tertiary/aromatic N) is 3. The Morgan fingerprint density at radius 2 is 1.96 bits per heavy atom. The number of anilines is 2. The summed E-state index contributed by atoms with van der Waals surface area (Å²) in [5.74, 6) is 1.34. The van der Waals surface area contributed by atoms with Gasteiger partial charge in [-0.1, -0.05) is 13.8 Å². The van der Waals surface area contributed by atoms with E-state index in [0.29, 0.717) is 42.7 Å². The first kappa shape index (κ1) is 17.4. The van der Waals surface area contributed by atoms with Gasteiger partial charge in [-0.15, -0.1) is 0 Å². The summed E-state index contributed by atoms with van der Waals surface area (Å²) in [6.07, 6.45) is 0. The van der Waals surface area contributed by atoms with Crippen molar-refractivity contribution in [1.29, 1.82) is 0 Å².